The Morgan fingerprint density at radius 1 is 1.09 bits per heavy atom. The van der Waals surface area contributed by atoms with Gasteiger partial charge in [-0.05, 0) is 58.9 Å². The van der Waals surface area contributed by atoms with Gasteiger partial charge in [-0.25, -0.2) is 9.78 Å². The number of hydrogen-bond donors (Lipinski definition) is 1. The normalized spacial score (nSPS) is 30.0. The van der Waals surface area contributed by atoms with Crippen molar-refractivity contribution in [3.8, 4) is 5.88 Å². The van der Waals surface area contributed by atoms with E-state index < -0.39 is 5.60 Å². The lowest BCUT2D eigenvalue weighted by Gasteiger charge is -2.40. The molecule has 8 heteroatoms. The third kappa shape index (κ3) is 5.77. The number of rotatable bonds is 5. The number of pyridine rings is 1. The second-order valence-electron chi connectivity index (χ2n) is 11.3. The molecule has 6 rings (SSSR count). The summed E-state index contributed by atoms with van der Waals surface area (Å²) in [6.45, 7) is 9.22. The molecule has 4 saturated heterocycles. The topological polar surface area (TPSA) is 76.2 Å². The molecular formula is C26H40N4O4. The van der Waals surface area contributed by atoms with Gasteiger partial charge in [-0.1, -0.05) is 0 Å². The van der Waals surface area contributed by atoms with E-state index in [0.29, 0.717) is 25.2 Å². The molecule has 188 valence electrons. The number of aromatic nitrogens is 1. The van der Waals surface area contributed by atoms with Crippen LogP contribution in [0.5, 0.6) is 5.88 Å². The van der Waals surface area contributed by atoms with Gasteiger partial charge >= 0.3 is 6.09 Å². The molecule has 5 fully saturated rings. The molecule has 1 aromatic heterocycles. The van der Waals surface area contributed by atoms with Gasteiger partial charge < -0.3 is 29.3 Å². The molecule has 1 amide bonds. The van der Waals surface area contributed by atoms with E-state index in [1.807, 2.05) is 27.0 Å². The highest BCUT2D eigenvalue weighted by molar-refractivity contribution is 5.68. The summed E-state index contributed by atoms with van der Waals surface area (Å²) < 4.78 is 18.0. The van der Waals surface area contributed by atoms with Crippen LogP contribution >= 0.6 is 0 Å². The molecule has 4 aliphatic heterocycles. The number of amides is 1. The Balaban J connectivity index is 1.05. The van der Waals surface area contributed by atoms with Crippen molar-refractivity contribution in [2.24, 2.45) is 0 Å². The molecule has 1 aromatic rings. The third-order valence-electron chi connectivity index (χ3n) is 7.46. The van der Waals surface area contributed by atoms with E-state index >= 15 is 0 Å². The molecule has 2 unspecified atom stereocenters. The summed E-state index contributed by atoms with van der Waals surface area (Å²) in [6.07, 6.45) is 9.60. The molecule has 5 heterocycles. The summed E-state index contributed by atoms with van der Waals surface area (Å²) in [5, 5.41) is 3.67. The smallest absolute Gasteiger partial charge is 0.410 e. The predicted octanol–water partition coefficient (Wildman–Crippen LogP) is 3.74. The minimum Gasteiger partial charge on any atom is -0.474 e. The number of ether oxygens (including phenoxy) is 3. The summed E-state index contributed by atoms with van der Waals surface area (Å²) in [4.78, 5) is 21.1. The number of piperazine rings is 1. The van der Waals surface area contributed by atoms with Crippen molar-refractivity contribution in [2.75, 3.05) is 31.1 Å². The quantitative estimate of drug-likeness (QED) is 0.700. The number of piperidine rings is 1. The van der Waals surface area contributed by atoms with Crippen molar-refractivity contribution < 1.29 is 19.0 Å². The number of nitrogens with zero attached hydrogens (tertiary/aromatic N) is 3. The lowest BCUT2D eigenvalue weighted by atomic mass is 9.91. The minimum absolute atomic E-state index is 0.164. The zero-order chi connectivity index (χ0) is 23.7. The first-order chi connectivity index (χ1) is 16.3. The van der Waals surface area contributed by atoms with E-state index in [9.17, 15) is 4.79 Å². The van der Waals surface area contributed by atoms with Gasteiger partial charge in [-0.2, -0.15) is 0 Å². The zero-order valence-electron chi connectivity index (χ0n) is 20.9. The van der Waals surface area contributed by atoms with Crippen LogP contribution in [0.15, 0.2) is 18.3 Å². The molecule has 1 saturated carbocycles. The first-order valence-electron chi connectivity index (χ1n) is 13.1. The Hall–Kier alpha value is -2.06. The maximum Gasteiger partial charge on any atom is 0.410 e. The number of carbonyl (C=O) groups is 1. The largest absolute Gasteiger partial charge is 0.474 e. The number of carbonyl (C=O) groups excluding carboxylic acids is 1. The molecule has 34 heavy (non-hydrogen) atoms. The Kier molecular flexibility index (Phi) is 6.89. The third-order valence-corrected chi connectivity index (χ3v) is 7.46. The van der Waals surface area contributed by atoms with Crippen LogP contribution in [0.2, 0.25) is 0 Å². The highest BCUT2D eigenvalue weighted by Gasteiger charge is 2.36. The van der Waals surface area contributed by atoms with Crippen molar-refractivity contribution >= 4 is 11.8 Å². The van der Waals surface area contributed by atoms with E-state index in [-0.39, 0.29) is 24.4 Å². The lowest BCUT2D eigenvalue weighted by molar-refractivity contribution is -0.110. The van der Waals surface area contributed by atoms with E-state index in [2.05, 4.69) is 27.3 Å². The lowest BCUT2D eigenvalue weighted by Crippen LogP contribution is -2.54. The Morgan fingerprint density at radius 2 is 1.88 bits per heavy atom. The van der Waals surface area contributed by atoms with Crippen molar-refractivity contribution in [1.82, 2.24) is 15.2 Å². The van der Waals surface area contributed by atoms with Crippen LogP contribution in [0, 0.1) is 0 Å². The van der Waals surface area contributed by atoms with Crippen LogP contribution in [-0.2, 0) is 9.47 Å². The van der Waals surface area contributed by atoms with Crippen molar-refractivity contribution in [1.29, 1.82) is 0 Å². The van der Waals surface area contributed by atoms with Gasteiger partial charge in [0.2, 0.25) is 5.88 Å². The van der Waals surface area contributed by atoms with Crippen LogP contribution in [-0.4, -0.2) is 78.2 Å². The Labute approximate surface area is 203 Å². The van der Waals surface area contributed by atoms with Gasteiger partial charge in [0.1, 0.15) is 11.7 Å². The summed E-state index contributed by atoms with van der Waals surface area (Å²) in [5.74, 6) is 0.722. The van der Waals surface area contributed by atoms with E-state index in [4.69, 9.17) is 14.2 Å². The fourth-order valence-corrected chi connectivity index (χ4v) is 5.54. The molecule has 8 nitrogen and oxygen atoms in total. The Bertz CT molecular complexity index is 841. The van der Waals surface area contributed by atoms with Gasteiger partial charge in [0.25, 0.3) is 0 Å². The molecule has 1 aliphatic carbocycles. The van der Waals surface area contributed by atoms with Crippen LogP contribution in [0.4, 0.5) is 10.5 Å². The minimum atomic E-state index is -0.455. The second kappa shape index (κ2) is 9.90. The Morgan fingerprint density at radius 3 is 2.65 bits per heavy atom. The van der Waals surface area contributed by atoms with Gasteiger partial charge in [-0.3, -0.25) is 0 Å². The number of nitrogens with one attached hydrogen (secondary N) is 1. The van der Waals surface area contributed by atoms with Gasteiger partial charge in [0.05, 0.1) is 12.2 Å². The second-order valence-corrected chi connectivity index (χ2v) is 11.3. The van der Waals surface area contributed by atoms with Crippen molar-refractivity contribution in [3.05, 3.63) is 18.3 Å². The SMILES string of the molecule is CC(C)(C)OC(=O)N1CCC(O[C@H]2C[C@H](Oc3cc(N4CC5CCCC4CN5)ccn3)C2)CC1. The van der Waals surface area contributed by atoms with Crippen LogP contribution in [0.25, 0.3) is 0 Å². The number of anilines is 1. The van der Waals surface area contributed by atoms with Crippen LogP contribution in [0.3, 0.4) is 0 Å². The fraction of sp³-hybridized carbons (Fsp3) is 0.769. The number of likely N-dealkylation sites (tertiary alicyclic amines) is 1. The molecule has 2 atom stereocenters. The maximum atomic E-state index is 12.2. The summed E-state index contributed by atoms with van der Waals surface area (Å²) in [7, 11) is 0. The van der Waals surface area contributed by atoms with Crippen molar-refractivity contribution in [3.63, 3.8) is 0 Å². The average Bonchev–Trinajstić information content (AvgIpc) is 3.13. The molecule has 2 bridgehead atoms. The van der Waals surface area contributed by atoms with Gasteiger partial charge in [0.15, 0.2) is 0 Å². The summed E-state index contributed by atoms with van der Waals surface area (Å²) in [5.41, 5.74) is 0.774. The monoisotopic (exact) mass is 472 g/mol. The zero-order valence-corrected chi connectivity index (χ0v) is 20.9. The summed E-state index contributed by atoms with van der Waals surface area (Å²) in [6, 6.07) is 5.39. The van der Waals surface area contributed by atoms with E-state index in [1.54, 1.807) is 4.90 Å². The molecular weight excluding hydrogens is 432 g/mol. The van der Waals surface area contributed by atoms with Gasteiger partial charge in [0, 0.05) is 69.1 Å². The first-order valence-corrected chi connectivity index (χ1v) is 13.1. The summed E-state index contributed by atoms with van der Waals surface area (Å²) >= 11 is 0. The number of fused-ring (bicyclic) bond motifs is 4. The molecule has 5 aliphatic rings. The first kappa shape index (κ1) is 23.7. The predicted molar refractivity (Wildman–Crippen MR) is 130 cm³/mol. The van der Waals surface area contributed by atoms with Crippen molar-refractivity contribution in [2.45, 2.75) is 102 Å². The van der Waals surface area contributed by atoms with E-state index in [1.165, 1.54) is 24.9 Å². The molecule has 0 aromatic carbocycles. The van der Waals surface area contributed by atoms with Crippen LogP contribution < -0.4 is 15.0 Å². The van der Waals surface area contributed by atoms with Gasteiger partial charge in [-0.15, -0.1) is 0 Å². The van der Waals surface area contributed by atoms with E-state index in [0.717, 1.165) is 44.7 Å². The van der Waals surface area contributed by atoms with Crippen LogP contribution in [0.1, 0.15) is 65.7 Å². The molecule has 0 radical (unpaired) electrons. The maximum absolute atomic E-state index is 12.2. The standard InChI is InChI=1S/C26H40N4O4/c1-26(2,3)34-25(31)29-11-8-21(9-12-29)32-22-14-23(15-22)33-24-13-19(7-10-27-24)30-17-18-5-4-6-20(30)16-28-18/h7,10,13,18,20-23,28H,4-6,8-9,11-12,14-17H2,1-3H3/t18?,20?,22-,23-. The highest BCUT2D eigenvalue weighted by atomic mass is 16.6. The number of hydrogen-bond acceptors (Lipinski definition) is 7. The fourth-order valence-electron chi connectivity index (χ4n) is 5.54. The average molecular weight is 473 g/mol. The molecule has 1 N–H and O–H groups in total. The highest BCUT2D eigenvalue weighted by Crippen LogP contribution is 2.33. The molecule has 0 spiro atoms.